The predicted molar refractivity (Wildman–Crippen MR) is 81.2 cm³/mol. The molecule has 8 heteroatoms. The Hall–Kier alpha value is -0.700. The lowest BCUT2D eigenvalue weighted by molar-refractivity contribution is -0.130. The number of hydrogen-bond acceptors (Lipinski definition) is 5. The van der Waals surface area contributed by atoms with Crippen LogP contribution >= 0.6 is 0 Å². The number of sulfonamides is 1. The van der Waals surface area contributed by atoms with Gasteiger partial charge < -0.3 is 15.4 Å². The Morgan fingerprint density at radius 3 is 2.67 bits per heavy atom. The van der Waals surface area contributed by atoms with Crippen LogP contribution in [0.2, 0.25) is 0 Å². The van der Waals surface area contributed by atoms with Crippen LogP contribution in [0.1, 0.15) is 27.2 Å². The first-order valence-corrected chi connectivity index (χ1v) is 8.99. The first-order chi connectivity index (χ1) is 9.75. The molecule has 0 radical (unpaired) electrons. The Morgan fingerprint density at radius 2 is 2.14 bits per heavy atom. The largest absolute Gasteiger partial charge is 0.378 e. The minimum absolute atomic E-state index is 0.0134. The van der Waals surface area contributed by atoms with Gasteiger partial charge in [-0.2, -0.15) is 0 Å². The van der Waals surface area contributed by atoms with Crippen molar-refractivity contribution < 1.29 is 17.9 Å². The van der Waals surface area contributed by atoms with E-state index in [0.29, 0.717) is 19.0 Å². The summed E-state index contributed by atoms with van der Waals surface area (Å²) in [6.45, 7) is 6.71. The number of carbonyl (C=O) groups is 1. The molecule has 0 bridgehead atoms. The Labute approximate surface area is 127 Å². The van der Waals surface area contributed by atoms with E-state index in [1.54, 1.807) is 4.90 Å². The summed E-state index contributed by atoms with van der Waals surface area (Å²) >= 11 is 0. The van der Waals surface area contributed by atoms with Crippen molar-refractivity contribution >= 4 is 15.9 Å². The van der Waals surface area contributed by atoms with Gasteiger partial charge in [-0.05, 0) is 39.7 Å². The number of likely N-dealkylation sites (tertiary alicyclic amines) is 1. The molecule has 0 aromatic rings. The van der Waals surface area contributed by atoms with Crippen LogP contribution in [0, 0.1) is 5.92 Å². The van der Waals surface area contributed by atoms with Crippen molar-refractivity contribution in [3.05, 3.63) is 0 Å². The van der Waals surface area contributed by atoms with Crippen LogP contribution in [0.15, 0.2) is 0 Å². The molecule has 1 heterocycles. The van der Waals surface area contributed by atoms with E-state index in [9.17, 15) is 13.2 Å². The number of carbonyl (C=O) groups excluding carboxylic acids is 1. The fourth-order valence-electron chi connectivity index (χ4n) is 2.40. The third-order valence-electron chi connectivity index (χ3n) is 3.56. The van der Waals surface area contributed by atoms with Gasteiger partial charge in [-0.25, -0.2) is 13.1 Å². The number of nitrogens with two attached hydrogens (primary N) is 1. The third kappa shape index (κ3) is 6.29. The van der Waals surface area contributed by atoms with Gasteiger partial charge in [0.05, 0.1) is 25.0 Å². The Morgan fingerprint density at radius 1 is 1.48 bits per heavy atom. The first kappa shape index (κ1) is 18.3. The molecule has 0 spiro atoms. The number of ether oxygens (including phenoxy) is 1. The molecule has 2 unspecified atom stereocenters. The molecule has 2 atom stereocenters. The minimum Gasteiger partial charge on any atom is -0.378 e. The Kier molecular flexibility index (Phi) is 7.05. The molecule has 0 aromatic heterocycles. The van der Waals surface area contributed by atoms with Crippen molar-refractivity contribution in [2.45, 2.75) is 39.3 Å². The molecule has 0 saturated carbocycles. The van der Waals surface area contributed by atoms with Crippen molar-refractivity contribution in [2.24, 2.45) is 11.7 Å². The SMILES string of the molecule is CC(C)OCCS(=O)(=O)NCC(=O)N1CC(CN)CC1C. The van der Waals surface area contributed by atoms with Crippen LogP contribution in [0.4, 0.5) is 0 Å². The summed E-state index contributed by atoms with van der Waals surface area (Å²) in [5.41, 5.74) is 5.62. The standard InChI is InChI=1S/C13H27N3O4S/c1-10(2)20-4-5-21(18,19)15-8-13(17)16-9-12(7-14)6-11(16)3/h10-12,15H,4-9,14H2,1-3H3. The van der Waals surface area contributed by atoms with Gasteiger partial charge in [0, 0.05) is 12.6 Å². The van der Waals surface area contributed by atoms with E-state index in [1.165, 1.54) is 0 Å². The molecule has 3 N–H and O–H groups in total. The molecule has 0 aromatic carbocycles. The predicted octanol–water partition coefficient (Wildman–Crippen LogP) is -0.473. The highest BCUT2D eigenvalue weighted by Gasteiger charge is 2.31. The van der Waals surface area contributed by atoms with Gasteiger partial charge in [-0.15, -0.1) is 0 Å². The number of amides is 1. The Balaban J connectivity index is 2.38. The summed E-state index contributed by atoms with van der Waals surface area (Å²) < 4.78 is 31.0. The maximum absolute atomic E-state index is 12.1. The van der Waals surface area contributed by atoms with Crippen LogP contribution in [0.5, 0.6) is 0 Å². The maximum atomic E-state index is 12.1. The van der Waals surface area contributed by atoms with Crippen LogP contribution in [-0.2, 0) is 19.6 Å². The molecule has 1 rings (SSSR count). The topological polar surface area (TPSA) is 102 Å². The number of hydrogen-bond donors (Lipinski definition) is 2. The van der Waals surface area contributed by atoms with Crippen molar-refractivity contribution in [2.75, 3.05) is 32.0 Å². The highest BCUT2D eigenvalue weighted by Crippen LogP contribution is 2.21. The molecule has 1 amide bonds. The quantitative estimate of drug-likeness (QED) is 0.629. The monoisotopic (exact) mass is 321 g/mol. The zero-order chi connectivity index (χ0) is 16.0. The smallest absolute Gasteiger partial charge is 0.237 e. The fraction of sp³-hybridized carbons (Fsp3) is 0.923. The average molecular weight is 321 g/mol. The van der Waals surface area contributed by atoms with Crippen LogP contribution in [-0.4, -0.2) is 63.4 Å². The molecule has 1 aliphatic heterocycles. The molecule has 1 fully saturated rings. The van der Waals surface area contributed by atoms with E-state index in [-0.39, 0.29) is 37.0 Å². The van der Waals surface area contributed by atoms with Gasteiger partial charge in [0.15, 0.2) is 0 Å². The second-order valence-electron chi connectivity index (χ2n) is 5.79. The summed E-state index contributed by atoms with van der Waals surface area (Å²) in [5.74, 6) is -0.0359. The van der Waals surface area contributed by atoms with Crippen LogP contribution < -0.4 is 10.5 Å². The fourth-order valence-corrected chi connectivity index (χ4v) is 3.20. The molecule has 1 saturated heterocycles. The Bertz CT molecular complexity index is 439. The molecule has 7 nitrogen and oxygen atoms in total. The number of nitrogens with zero attached hydrogens (tertiary/aromatic N) is 1. The van der Waals surface area contributed by atoms with Crippen molar-refractivity contribution in [3.8, 4) is 0 Å². The van der Waals surface area contributed by atoms with E-state index < -0.39 is 10.0 Å². The minimum atomic E-state index is -3.49. The zero-order valence-electron chi connectivity index (χ0n) is 13.0. The summed E-state index contributed by atoms with van der Waals surface area (Å²) in [6, 6.07) is 0.111. The summed E-state index contributed by atoms with van der Waals surface area (Å²) in [6.07, 6.45) is 0.859. The van der Waals surface area contributed by atoms with E-state index in [0.717, 1.165) is 6.42 Å². The second kappa shape index (κ2) is 8.07. The second-order valence-corrected chi connectivity index (χ2v) is 7.72. The lowest BCUT2D eigenvalue weighted by Gasteiger charge is -2.21. The lowest BCUT2D eigenvalue weighted by atomic mass is 10.1. The van der Waals surface area contributed by atoms with Crippen LogP contribution in [0.3, 0.4) is 0 Å². The molecular formula is C13H27N3O4S. The normalized spacial score (nSPS) is 23.0. The molecule has 0 aliphatic carbocycles. The van der Waals surface area contributed by atoms with Crippen LogP contribution in [0.25, 0.3) is 0 Å². The van der Waals surface area contributed by atoms with Crippen molar-refractivity contribution in [1.82, 2.24) is 9.62 Å². The number of nitrogens with one attached hydrogen (secondary N) is 1. The van der Waals surface area contributed by atoms with Crippen molar-refractivity contribution in [3.63, 3.8) is 0 Å². The summed E-state index contributed by atoms with van der Waals surface area (Å²) in [5, 5.41) is 0. The summed E-state index contributed by atoms with van der Waals surface area (Å²) in [7, 11) is -3.49. The van der Waals surface area contributed by atoms with Gasteiger partial charge in [0.25, 0.3) is 0 Å². The number of rotatable bonds is 8. The van der Waals surface area contributed by atoms with Gasteiger partial charge in [-0.1, -0.05) is 0 Å². The van der Waals surface area contributed by atoms with E-state index in [4.69, 9.17) is 10.5 Å². The average Bonchev–Trinajstić information content (AvgIpc) is 2.77. The molecule has 1 aliphatic rings. The molecule has 21 heavy (non-hydrogen) atoms. The first-order valence-electron chi connectivity index (χ1n) is 7.33. The molecule has 124 valence electrons. The summed E-state index contributed by atoms with van der Waals surface area (Å²) in [4.78, 5) is 13.8. The van der Waals surface area contributed by atoms with Crippen molar-refractivity contribution in [1.29, 1.82) is 0 Å². The lowest BCUT2D eigenvalue weighted by Crippen LogP contribution is -2.42. The zero-order valence-corrected chi connectivity index (χ0v) is 13.9. The highest BCUT2D eigenvalue weighted by atomic mass is 32.2. The van der Waals surface area contributed by atoms with Gasteiger partial charge in [-0.3, -0.25) is 4.79 Å². The van der Waals surface area contributed by atoms with Gasteiger partial charge in [0.2, 0.25) is 15.9 Å². The highest BCUT2D eigenvalue weighted by molar-refractivity contribution is 7.89. The van der Waals surface area contributed by atoms with E-state index in [1.807, 2.05) is 20.8 Å². The van der Waals surface area contributed by atoms with Gasteiger partial charge >= 0.3 is 0 Å². The maximum Gasteiger partial charge on any atom is 0.237 e. The van der Waals surface area contributed by atoms with Gasteiger partial charge in [0.1, 0.15) is 0 Å². The van der Waals surface area contributed by atoms with E-state index >= 15 is 0 Å². The van der Waals surface area contributed by atoms with E-state index in [2.05, 4.69) is 4.72 Å². The molecular weight excluding hydrogens is 294 g/mol. The third-order valence-corrected chi connectivity index (χ3v) is 4.85.